The maximum atomic E-state index is 2.93. The minimum absolute atomic E-state index is 0.431. The first kappa shape index (κ1) is 36.8. The lowest BCUT2D eigenvalue weighted by Gasteiger charge is -2.40. The Morgan fingerprint density at radius 2 is 0.259 bits per heavy atom. The summed E-state index contributed by atoms with van der Waals surface area (Å²) in [5, 5.41) is 0. The number of fused-ring (bicyclic) bond motifs is 9. The van der Waals surface area contributed by atoms with E-state index >= 15 is 0 Å². The van der Waals surface area contributed by atoms with Crippen LogP contribution in [-0.4, -0.2) is 0 Å². The monoisotopic (exact) mass is 727 g/mol. The summed E-state index contributed by atoms with van der Waals surface area (Å²) in [7, 11) is 0. The third-order valence-electron chi connectivity index (χ3n) is 19.6. The molecular weight excluding hydrogens is 649 g/mol. The summed E-state index contributed by atoms with van der Waals surface area (Å²) >= 11 is 0. The molecule has 6 bridgehead atoms. The molecular formula is C54H78. The molecule has 0 aromatic heterocycles. The zero-order valence-corrected chi connectivity index (χ0v) is 34.9. The topological polar surface area (TPSA) is 0 Å². The Balaban J connectivity index is 1.16. The van der Waals surface area contributed by atoms with Gasteiger partial charge in [-0.25, -0.2) is 0 Å². The van der Waals surface area contributed by atoms with E-state index in [1.807, 2.05) is 33.4 Å². The first-order valence-corrected chi connectivity index (χ1v) is 24.8. The van der Waals surface area contributed by atoms with E-state index < -0.39 is 0 Å². The van der Waals surface area contributed by atoms with Crippen LogP contribution in [0.15, 0.2) is 36.4 Å². The molecule has 0 atom stereocenters. The third-order valence-corrected chi connectivity index (χ3v) is 19.6. The molecule has 0 aliphatic heterocycles. The largest absolute Gasteiger partial charge is 0.0547 e. The predicted octanol–water partition coefficient (Wildman–Crippen LogP) is 16.0. The molecule has 6 saturated carbocycles. The maximum Gasteiger partial charge on any atom is -0.00468 e. The molecule has 294 valence electrons. The first-order chi connectivity index (χ1) is 26.5. The average molecular weight is 727 g/mol. The van der Waals surface area contributed by atoms with Crippen LogP contribution in [0.1, 0.15) is 265 Å². The zero-order valence-electron chi connectivity index (χ0n) is 34.9. The van der Waals surface area contributed by atoms with Gasteiger partial charge >= 0.3 is 0 Å². The van der Waals surface area contributed by atoms with Crippen molar-refractivity contribution in [3.63, 3.8) is 0 Å². The number of hydrogen-bond acceptors (Lipinski definition) is 0. The highest BCUT2D eigenvalue weighted by Crippen LogP contribution is 2.57. The Hall–Kier alpha value is -1.56. The zero-order chi connectivity index (χ0) is 36.2. The van der Waals surface area contributed by atoms with Gasteiger partial charge in [0.25, 0.3) is 0 Å². The van der Waals surface area contributed by atoms with Gasteiger partial charge in [0.15, 0.2) is 0 Å². The minimum Gasteiger partial charge on any atom is -0.0547 e. The van der Waals surface area contributed by atoms with E-state index in [-0.39, 0.29) is 0 Å². The normalized spacial score (nSPS) is 29.6. The first-order valence-electron chi connectivity index (χ1n) is 24.8. The van der Waals surface area contributed by atoms with Gasteiger partial charge in [0.2, 0.25) is 0 Å². The molecule has 0 heteroatoms. The third kappa shape index (κ3) is 6.34. The van der Waals surface area contributed by atoms with Gasteiger partial charge in [0.05, 0.1) is 0 Å². The molecule has 11 rings (SSSR count). The molecule has 6 fully saturated rings. The molecule has 9 aliphatic rings. The highest BCUT2D eigenvalue weighted by molar-refractivity contribution is 5.45. The summed E-state index contributed by atoms with van der Waals surface area (Å²) < 4.78 is 0. The van der Waals surface area contributed by atoms with E-state index in [0.717, 1.165) is 0 Å². The highest BCUT2D eigenvalue weighted by atomic mass is 14.5. The van der Waals surface area contributed by atoms with Crippen molar-refractivity contribution in [3.8, 4) is 0 Å². The fraction of sp³-hybridized carbons (Fsp3) is 0.778. The summed E-state index contributed by atoms with van der Waals surface area (Å²) in [4.78, 5) is 0. The van der Waals surface area contributed by atoms with Crippen LogP contribution in [0.2, 0.25) is 0 Å². The number of benzene rings is 2. The second-order valence-electron chi connectivity index (χ2n) is 22.1. The molecule has 0 N–H and O–H groups in total. The Labute approximate surface area is 332 Å². The van der Waals surface area contributed by atoms with Gasteiger partial charge in [-0.2, -0.15) is 0 Å². The molecule has 2 aromatic rings. The van der Waals surface area contributed by atoms with E-state index in [9.17, 15) is 0 Å². The van der Waals surface area contributed by atoms with E-state index in [0.29, 0.717) is 32.5 Å². The van der Waals surface area contributed by atoms with Crippen LogP contribution in [0.5, 0.6) is 0 Å². The van der Waals surface area contributed by atoms with Crippen LogP contribution >= 0.6 is 0 Å². The van der Waals surface area contributed by atoms with Gasteiger partial charge < -0.3 is 0 Å². The second-order valence-corrected chi connectivity index (χ2v) is 22.1. The lowest BCUT2D eigenvalue weighted by molar-refractivity contribution is 0.323. The number of rotatable bonds is 0. The van der Waals surface area contributed by atoms with Crippen LogP contribution in [0.4, 0.5) is 0 Å². The van der Waals surface area contributed by atoms with Crippen molar-refractivity contribution in [3.05, 3.63) is 69.8 Å². The SMILES string of the molecule is c1c2cc3cc1C1(CCCC1)CCCCC1(CCCC1)c1cc(cc(c1)C1(CCCC1)CCCCC31CCCC1)C1(CCCC1)CCCCC21CCCC1. The van der Waals surface area contributed by atoms with Crippen molar-refractivity contribution in [1.82, 2.24) is 0 Å². The van der Waals surface area contributed by atoms with E-state index in [2.05, 4.69) is 36.4 Å². The Morgan fingerprint density at radius 1 is 0.167 bits per heavy atom. The van der Waals surface area contributed by atoms with Gasteiger partial charge in [-0.1, -0.05) is 152 Å². The molecule has 0 amide bonds. The van der Waals surface area contributed by atoms with E-state index in [1.54, 1.807) is 0 Å². The van der Waals surface area contributed by atoms with Gasteiger partial charge in [0, 0.05) is 0 Å². The quantitative estimate of drug-likeness (QED) is 0.254. The fourth-order valence-electron chi connectivity index (χ4n) is 16.3. The van der Waals surface area contributed by atoms with Gasteiger partial charge in [-0.15, -0.1) is 0 Å². The summed E-state index contributed by atoms with van der Waals surface area (Å²) in [6, 6.07) is 17.6. The average Bonchev–Trinajstić information content (AvgIpc) is 4.06. The molecule has 0 saturated heterocycles. The van der Waals surface area contributed by atoms with Crippen LogP contribution in [-0.2, 0) is 32.5 Å². The van der Waals surface area contributed by atoms with Crippen molar-refractivity contribution in [2.75, 3.05) is 0 Å². The van der Waals surface area contributed by atoms with E-state index in [4.69, 9.17) is 0 Å². The molecule has 2 aromatic carbocycles. The van der Waals surface area contributed by atoms with Gasteiger partial charge in [-0.05, 0) is 181 Å². The van der Waals surface area contributed by atoms with E-state index in [1.165, 1.54) is 231 Å². The maximum absolute atomic E-state index is 2.93. The Kier molecular flexibility index (Phi) is 9.99. The van der Waals surface area contributed by atoms with Crippen molar-refractivity contribution < 1.29 is 0 Å². The fourth-order valence-corrected chi connectivity index (χ4v) is 16.3. The lowest BCUT2D eigenvalue weighted by atomic mass is 9.64. The van der Waals surface area contributed by atoms with Gasteiger partial charge in [0.1, 0.15) is 0 Å². The molecule has 6 spiro atoms. The van der Waals surface area contributed by atoms with Crippen LogP contribution in [0.3, 0.4) is 0 Å². The van der Waals surface area contributed by atoms with Crippen LogP contribution in [0, 0.1) is 0 Å². The molecule has 0 heterocycles. The molecule has 0 nitrogen and oxygen atoms in total. The molecule has 0 radical (unpaired) electrons. The summed E-state index contributed by atoms with van der Waals surface area (Å²) in [5.41, 5.74) is 13.6. The smallest absolute Gasteiger partial charge is 0.00468 e. The lowest BCUT2D eigenvalue weighted by Crippen LogP contribution is -2.31. The predicted molar refractivity (Wildman–Crippen MR) is 229 cm³/mol. The van der Waals surface area contributed by atoms with Gasteiger partial charge in [-0.3, -0.25) is 0 Å². The van der Waals surface area contributed by atoms with Crippen molar-refractivity contribution in [2.24, 2.45) is 0 Å². The van der Waals surface area contributed by atoms with Crippen molar-refractivity contribution >= 4 is 0 Å². The molecule has 54 heavy (non-hydrogen) atoms. The Bertz CT molecular complexity index is 1260. The Morgan fingerprint density at radius 3 is 0.352 bits per heavy atom. The highest BCUT2D eigenvalue weighted by Gasteiger charge is 2.46. The summed E-state index contributed by atoms with van der Waals surface area (Å²) in [6.07, 6.45) is 52.3. The number of hydrogen-bond donors (Lipinski definition) is 0. The summed E-state index contributed by atoms with van der Waals surface area (Å²) in [5.74, 6) is 0. The second kappa shape index (κ2) is 14.7. The molecule has 9 aliphatic carbocycles. The minimum atomic E-state index is 0.431. The van der Waals surface area contributed by atoms with Crippen molar-refractivity contribution in [1.29, 1.82) is 0 Å². The van der Waals surface area contributed by atoms with Crippen LogP contribution in [0.25, 0.3) is 0 Å². The van der Waals surface area contributed by atoms with Crippen molar-refractivity contribution in [2.45, 2.75) is 264 Å². The molecule has 0 unspecified atom stereocenters. The summed E-state index contributed by atoms with van der Waals surface area (Å²) in [6.45, 7) is 0. The van der Waals surface area contributed by atoms with Crippen LogP contribution < -0.4 is 0 Å². The standard InChI is InChI=1S/C54H78/c1-2-20-49(19-1)31-13-14-32-52(25-7-8-26-52)46-40-47-42-48(41-46)54(29-11-12-30-54)36-18-16-34-51(23-5-6-24-51)45-38-43(49)37-44(39-45)50(21-3-4-22-50)33-15-17-35-53(47)27-9-10-28-53/h37-42H,1-36H2.